The molecule has 0 saturated heterocycles. The molecule has 3 nitrogen and oxygen atoms in total. The van der Waals surface area contributed by atoms with Crippen LogP contribution in [-0.2, 0) is 0 Å². The summed E-state index contributed by atoms with van der Waals surface area (Å²) in [6.07, 6.45) is 0. The number of aromatic amines is 2. The Labute approximate surface area is 130 Å². The third-order valence-electron chi connectivity index (χ3n) is 3.24. The number of alkyl halides is 1. The van der Waals surface area contributed by atoms with Crippen molar-refractivity contribution in [2.45, 2.75) is 4.83 Å². The van der Waals surface area contributed by atoms with Gasteiger partial charge in [0.1, 0.15) is 0 Å². The number of nitrogens with one attached hydrogen (secondary N) is 2. The molecule has 3 aromatic heterocycles. The van der Waals surface area contributed by atoms with Gasteiger partial charge in [-0.05, 0) is 35.2 Å². The van der Waals surface area contributed by atoms with Crippen LogP contribution in [0.2, 0.25) is 0 Å². The van der Waals surface area contributed by atoms with E-state index in [0.29, 0.717) is 0 Å². The Morgan fingerprint density at radius 2 is 1.90 bits per heavy atom. The van der Waals surface area contributed by atoms with Gasteiger partial charge in [-0.25, -0.2) is 4.79 Å². The lowest BCUT2D eigenvalue weighted by Crippen LogP contribution is -1.99. The monoisotopic (exact) mass is 364 g/mol. The van der Waals surface area contributed by atoms with E-state index < -0.39 is 0 Å². The fourth-order valence-corrected chi connectivity index (χ4v) is 5.10. The molecule has 0 amide bonds. The van der Waals surface area contributed by atoms with Crippen molar-refractivity contribution in [2.75, 3.05) is 0 Å². The van der Waals surface area contributed by atoms with E-state index in [9.17, 15) is 4.79 Å². The lowest BCUT2D eigenvalue weighted by atomic mass is 10.1. The maximum atomic E-state index is 11.3. The van der Waals surface area contributed by atoms with Crippen molar-refractivity contribution in [3.05, 3.63) is 56.6 Å². The first kappa shape index (κ1) is 12.4. The molecule has 1 unspecified atom stereocenters. The second-order valence-electron chi connectivity index (χ2n) is 4.54. The summed E-state index contributed by atoms with van der Waals surface area (Å²) in [5.74, 6) is 0. The van der Waals surface area contributed by atoms with Gasteiger partial charge in [-0.2, -0.15) is 0 Å². The third-order valence-corrected chi connectivity index (χ3v) is 6.72. The fourth-order valence-electron chi connectivity index (χ4n) is 2.28. The Kier molecular flexibility index (Phi) is 2.83. The molecule has 4 aromatic rings. The van der Waals surface area contributed by atoms with Crippen LogP contribution in [0.5, 0.6) is 0 Å². The second-order valence-corrected chi connectivity index (χ2v) is 7.52. The zero-order valence-electron chi connectivity index (χ0n) is 10.1. The largest absolute Gasteiger partial charge is 0.323 e. The standard InChI is InChI=1S/C14H9BrN2OS2/c15-13(12-6-11-10(20-12)3-4-19-11)7-1-2-8-9(5-7)17-14(18)16-8/h1-6,13H,(H2,16,17,18). The van der Waals surface area contributed by atoms with E-state index >= 15 is 0 Å². The lowest BCUT2D eigenvalue weighted by molar-refractivity contribution is 1.21. The first-order valence-corrected chi connectivity index (χ1v) is 8.65. The van der Waals surface area contributed by atoms with Gasteiger partial charge >= 0.3 is 5.69 Å². The average Bonchev–Trinajstić information content (AvgIpc) is 3.08. The SMILES string of the molecule is O=c1[nH]c2ccc(C(Br)c3cc4sccc4s3)cc2[nH]1. The minimum absolute atomic E-state index is 0.148. The van der Waals surface area contributed by atoms with Crippen molar-refractivity contribution < 1.29 is 0 Å². The summed E-state index contributed by atoms with van der Waals surface area (Å²) in [6.45, 7) is 0. The Bertz CT molecular complexity index is 934. The summed E-state index contributed by atoms with van der Waals surface area (Å²) >= 11 is 7.33. The van der Waals surface area contributed by atoms with E-state index in [-0.39, 0.29) is 10.5 Å². The third kappa shape index (κ3) is 1.95. The summed E-state index contributed by atoms with van der Waals surface area (Å²) in [5, 5.41) is 2.12. The van der Waals surface area contributed by atoms with Crippen molar-refractivity contribution in [1.29, 1.82) is 0 Å². The topological polar surface area (TPSA) is 48.6 Å². The quantitative estimate of drug-likeness (QED) is 0.501. The van der Waals surface area contributed by atoms with Crippen LogP contribution < -0.4 is 5.69 Å². The molecule has 2 N–H and O–H groups in total. The molecule has 3 heterocycles. The van der Waals surface area contributed by atoms with Crippen LogP contribution in [0.15, 0.2) is 40.5 Å². The number of halogens is 1. The number of benzene rings is 1. The predicted molar refractivity (Wildman–Crippen MR) is 89.4 cm³/mol. The summed E-state index contributed by atoms with van der Waals surface area (Å²) in [7, 11) is 0. The van der Waals surface area contributed by atoms with E-state index in [0.717, 1.165) is 16.6 Å². The first-order valence-electron chi connectivity index (χ1n) is 6.04. The zero-order valence-corrected chi connectivity index (χ0v) is 13.4. The fraction of sp³-hybridized carbons (Fsp3) is 0.0714. The molecular weight excluding hydrogens is 356 g/mol. The van der Waals surface area contributed by atoms with E-state index in [4.69, 9.17) is 0 Å². The first-order chi connectivity index (χ1) is 9.70. The molecule has 100 valence electrons. The number of aromatic nitrogens is 2. The van der Waals surface area contributed by atoms with Gasteiger partial charge in [-0.15, -0.1) is 22.7 Å². The molecule has 0 radical (unpaired) electrons. The summed E-state index contributed by atoms with van der Waals surface area (Å²) < 4.78 is 2.65. The van der Waals surface area contributed by atoms with Crippen LogP contribution in [0.4, 0.5) is 0 Å². The molecule has 0 bridgehead atoms. The van der Waals surface area contributed by atoms with Crippen LogP contribution in [0.3, 0.4) is 0 Å². The maximum absolute atomic E-state index is 11.3. The maximum Gasteiger partial charge on any atom is 0.323 e. The van der Waals surface area contributed by atoms with Crippen molar-refractivity contribution in [3.63, 3.8) is 0 Å². The molecule has 0 spiro atoms. The minimum atomic E-state index is -0.167. The molecular formula is C14H9BrN2OS2. The molecule has 6 heteroatoms. The molecule has 0 aliphatic heterocycles. The molecule has 4 rings (SSSR count). The predicted octanol–water partition coefficient (Wildman–Crippen LogP) is 4.62. The van der Waals surface area contributed by atoms with Crippen LogP contribution in [0.1, 0.15) is 15.3 Å². The normalized spacial score (nSPS) is 13.2. The Morgan fingerprint density at radius 1 is 1.05 bits per heavy atom. The summed E-state index contributed by atoms with van der Waals surface area (Å²) in [6, 6.07) is 10.4. The summed E-state index contributed by atoms with van der Waals surface area (Å²) in [4.78, 5) is 18.3. The van der Waals surface area contributed by atoms with Gasteiger partial charge in [0, 0.05) is 14.3 Å². The highest BCUT2D eigenvalue weighted by Crippen LogP contribution is 2.40. The minimum Gasteiger partial charge on any atom is -0.306 e. The van der Waals surface area contributed by atoms with Gasteiger partial charge in [0.05, 0.1) is 15.9 Å². The molecule has 0 saturated carbocycles. The molecule has 1 aromatic carbocycles. The second kappa shape index (κ2) is 4.58. The van der Waals surface area contributed by atoms with Crippen molar-refractivity contribution in [3.8, 4) is 0 Å². The van der Waals surface area contributed by atoms with Gasteiger partial charge in [0.15, 0.2) is 0 Å². The van der Waals surface area contributed by atoms with E-state index in [1.54, 1.807) is 22.7 Å². The summed E-state index contributed by atoms with van der Waals surface area (Å²) in [5.41, 5.74) is 2.66. The van der Waals surface area contributed by atoms with Crippen LogP contribution in [0, 0.1) is 0 Å². The van der Waals surface area contributed by atoms with Crippen molar-refractivity contribution in [1.82, 2.24) is 9.97 Å². The number of hydrogen-bond acceptors (Lipinski definition) is 3. The van der Waals surface area contributed by atoms with E-state index in [2.05, 4.69) is 43.4 Å². The highest BCUT2D eigenvalue weighted by molar-refractivity contribution is 9.09. The molecule has 1 atom stereocenters. The number of hydrogen-bond donors (Lipinski definition) is 2. The molecule has 0 aliphatic carbocycles. The zero-order chi connectivity index (χ0) is 13.7. The highest BCUT2D eigenvalue weighted by Gasteiger charge is 2.15. The average molecular weight is 365 g/mol. The van der Waals surface area contributed by atoms with Crippen molar-refractivity contribution in [2.24, 2.45) is 0 Å². The highest BCUT2D eigenvalue weighted by atomic mass is 79.9. The van der Waals surface area contributed by atoms with Crippen LogP contribution >= 0.6 is 38.6 Å². The van der Waals surface area contributed by atoms with E-state index in [1.165, 1.54) is 14.3 Å². The van der Waals surface area contributed by atoms with Crippen LogP contribution in [0.25, 0.3) is 20.4 Å². The van der Waals surface area contributed by atoms with Gasteiger partial charge in [0.25, 0.3) is 0 Å². The number of fused-ring (bicyclic) bond motifs is 2. The lowest BCUT2D eigenvalue weighted by Gasteiger charge is -2.07. The number of H-pyrrole nitrogens is 2. The number of thiophene rings is 2. The van der Waals surface area contributed by atoms with Gasteiger partial charge < -0.3 is 9.97 Å². The van der Waals surface area contributed by atoms with Crippen LogP contribution in [-0.4, -0.2) is 9.97 Å². The Morgan fingerprint density at radius 3 is 2.75 bits per heavy atom. The number of rotatable bonds is 2. The smallest absolute Gasteiger partial charge is 0.306 e. The Hall–Kier alpha value is -1.37. The Balaban J connectivity index is 1.80. The van der Waals surface area contributed by atoms with Gasteiger partial charge in [-0.3, -0.25) is 0 Å². The van der Waals surface area contributed by atoms with E-state index in [1.807, 2.05) is 18.2 Å². The van der Waals surface area contributed by atoms with Crippen molar-refractivity contribution >= 4 is 59.0 Å². The number of imidazole rings is 1. The van der Waals surface area contributed by atoms with Gasteiger partial charge in [0.2, 0.25) is 0 Å². The molecule has 0 fully saturated rings. The molecule has 0 aliphatic rings. The van der Waals surface area contributed by atoms with Gasteiger partial charge in [-0.1, -0.05) is 22.0 Å². The molecule has 20 heavy (non-hydrogen) atoms.